The number of carbonyl (C=O) groups is 1. The number of hydrogen-bond donors (Lipinski definition) is 1. The number of piperidine rings is 1. The minimum atomic E-state index is -0.285. The summed E-state index contributed by atoms with van der Waals surface area (Å²) in [5.41, 5.74) is 7.53. The van der Waals surface area contributed by atoms with E-state index in [4.69, 9.17) is 5.73 Å². The van der Waals surface area contributed by atoms with Crippen molar-refractivity contribution in [2.24, 2.45) is 11.1 Å². The van der Waals surface area contributed by atoms with E-state index in [-0.39, 0.29) is 54.4 Å². The fourth-order valence-corrected chi connectivity index (χ4v) is 3.81. The van der Waals surface area contributed by atoms with Crippen molar-refractivity contribution in [3.8, 4) is 10.6 Å². The second kappa shape index (κ2) is 9.13. The molecule has 0 radical (unpaired) electrons. The molecule has 1 aromatic carbocycles. The van der Waals surface area contributed by atoms with Crippen molar-refractivity contribution in [1.29, 1.82) is 0 Å². The second-order valence-corrected chi connectivity index (χ2v) is 7.89. The number of hydrogen-bond acceptors (Lipinski definition) is 4. The van der Waals surface area contributed by atoms with Crippen LogP contribution in [0.25, 0.3) is 10.6 Å². The molecule has 0 bridgehead atoms. The van der Waals surface area contributed by atoms with Crippen LogP contribution in [0.4, 0.5) is 4.39 Å². The second-order valence-electron chi connectivity index (χ2n) is 7.03. The van der Waals surface area contributed by atoms with Crippen LogP contribution in [0.2, 0.25) is 0 Å². The highest BCUT2D eigenvalue weighted by Crippen LogP contribution is 2.29. The molecule has 2 N–H and O–H groups in total. The van der Waals surface area contributed by atoms with Gasteiger partial charge >= 0.3 is 0 Å². The molecular weight excluding hydrogens is 396 g/mol. The minimum absolute atomic E-state index is 0. The molecule has 8 heteroatoms. The number of rotatable bonds is 3. The first kappa shape index (κ1) is 22.8. The monoisotopic (exact) mass is 419 g/mol. The van der Waals surface area contributed by atoms with Crippen LogP contribution in [0, 0.1) is 11.2 Å². The Bertz CT molecular complexity index is 754. The maximum atomic E-state index is 13.3. The molecule has 1 saturated heterocycles. The first-order valence-electron chi connectivity index (χ1n) is 8.09. The van der Waals surface area contributed by atoms with E-state index in [1.165, 1.54) is 23.5 Å². The van der Waals surface area contributed by atoms with Crippen molar-refractivity contribution in [3.63, 3.8) is 0 Å². The van der Waals surface area contributed by atoms with E-state index in [9.17, 15) is 9.18 Å². The maximum Gasteiger partial charge on any atom is 0.228 e. The molecule has 2 aromatic rings. The maximum absolute atomic E-state index is 13.3. The smallest absolute Gasteiger partial charge is 0.228 e. The lowest BCUT2D eigenvalue weighted by Gasteiger charge is -2.42. The van der Waals surface area contributed by atoms with Crippen molar-refractivity contribution in [2.45, 2.75) is 32.7 Å². The predicted octanol–water partition coefficient (Wildman–Crippen LogP) is 3.92. The quantitative estimate of drug-likeness (QED) is 0.819. The van der Waals surface area contributed by atoms with E-state index >= 15 is 0 Å². The Hall–Kier alpha value is -1.21. The van der Waals surface area contributed by atoms with Gasteiger partial charge in [0.1, 0.15) is 10.8 Å². The summed E-state index contributed by atoms with van der Waals surface area (Å²) in [5.74, 6) is -0.210. The topological polar surface area (TPSA) is 59.2 Å². The van der Waals surface area contributed by atoms with Crippen molar-refractivity contribution >= 4 is 42.1 Å². The van der Waals surface area contributed by atoms with Crippen LogP contribution in [0.1, 0.15) is 26.0 Å². The highest BCUT2D eigenvalue weighted by Gasteiger charge is 2.35. The van der Waals surface area contributed by atoms with Crippen LogP contribution in [0.3, 0.4) is 0 Å². The number of likely N-dealkylation sites (tertiary alicyclic amines) is 1. The van der Waals surface area contributed by atoms with Gasteiger partial charge in [-0.15, -0.1) is 36.2 Å². The van der Waals surface area contributed by atoms with Gasteiger partial charge < -0.3 is 10.6 Å². The number of amides is 1. The largest absolute Gasteiger partial charge is 0.342 e. The average molecular weight is 420 g/mol. The zero-order valence-corrected chi connectivity index (χ0v) is 17.2. The third-order valence-electron chi connectivity index (χ3n) is 4.62. The van der Waals surface area contributed by atoms with Crippen LogP contribution in [0.5, 0.6) is 0 Å². The summed E-state index contributed by atoms with van der Waals surface area (Å²) >= 11 is 1.43. The molecule has 2 heterocycles. The molecule has 1 unspecified atom stereocenters. The Balaban J connectivity index is 0.00000169. The molecule has 4 nitrogen and oxygen atoms in total. The molecular formula is C18H24Cl2FN3OS. The number of thiazole rings is 1. The van der Waals surface area contributed by atoms with Crippen LogP contribution in [0.15, 0.2) is 29.6 Å². The summed E-state index contributed by atoms with van der Waals surface area (Å²) in [6, 6.07) is 6.47. The molecule has 144 valence electrons. The molecule has 26 heavy (non-hydrogen) atoms. The van der Waals surface area contributed by atoms with Gasteiger partial charge in [-0.25, -0.2) is 9.37 Å². The molecule has 1 fully saturated rings. The lowest BCUT2D eigenvalue weighted by atomic mass is 9.79. The lowest BCUT2D eigenvalue weighted by molar-refractivity contribution is -0.133. The van der Waals surface area contributed by atoms with Gasteiger partial charge in [0, 0.05) is 30.1 Å². The highest BCUT2D eigenvalue weighted by molar-refractivity contribution is 7.13. The van der Waals surface area contributed by atoms with Gasteiger partial charge in [0.05, 0.1) is 12.1 Å². The van der Waals surface area contributed by atoms with Crippen molar-refractivity contribution < 1.29 is 9.18 Å². The molecule has 1 aromatic heterocycles. The van der Waals surface area contributed by atoms with E-state index < -0.39 is 0 Å². The average Bonchev–Trinajstić information content (AvgIpc) is 2.98. The zero-order valence-electron chi connectivity index (χ0n) is 14.8. The van der Waals surface area contributed by atoms with Gasteiger partial charge in [0.15, 0.2) is 0 Å². The molecule has 0 saturated carbocycles. The standard InChI is InChI=1S/C18H22FN3OS.2ClH/c1-18(2)11-22(7-6-15(18)20)16(23)9-14-10-24-17(21-14)12-4-3-5-13(19)8-12;;/h3-5,8,10,15H,6-7,9,11,20H2,1-2H3;2*1H. The zero-order chi connectivity index (χ0) is 17.3. The summed E-state index contributed by atoms with van der Waals surface area (Å²) in [7, 11) is 0. The fraction of sp³-hybridized carbons (Fsp3) is 0.444. The fourth-order valence-electron chi connectivity index (χ4n) is 3.00. The van der Waals surface area contributed by atoms with Gasteiger partial charge in [-0.05, 0) is 24.0 Å². The predicted molar refractivity (Wildman–Crippen MR) is 109 cm³/mol. The number of nitrogens with zero attached hydrogens (tertiary/aromatic N) is 2. The molecule has 3 rings (SSSR count). The van der Waals surface area contributed by atoms with Crippen molar-refractivity contribution in [2.75, 3.05) is 13.1 Å². The van der Waals surface area contributed by atoms with Gasteiger partial charge in [-0.2, -0.15) is 0 Å². The summed E-state index contributed by atoms with van der Waals surface area (Å²) in [6.45, 7) is 5.57. The third-order valence-corrected chi connectivity index (χ3v) is 5.56. The van der Waals surface area contributed by atoms with Gasteiger partial charge in [-0.3, -0.25) is 4.79 Å². The molecule has 0 aliphatic carbocycles. The Morgan fingerprint density at radius 3 is 2.81 bits per heavy atom. The summed E-state index contributed by atoms with van der Waals surface area (Å²) in [6.07, 6.45) is 1.10. The number of aromatic nitrogens is 1. The third kappa shape index (κ3) is 5.16. The number of carbonyl (C=O) groups excluding carboxylic acids is 1. The number of halogens is 3. The highest BCUT2D eigenvalue weighted by atomic mass is 35.5. The Labute approximate surface area is 169 Å². The van der Waals surface area contributed by atoms with Crippen LogP contribution >= 0.6 is 36.2 Å². The van der Waals surface area contributed by atoms with E-state index in [0.717, 1.165) is 22.7 Å². The molecule has 1 amide bonds. The van der Waals surface area contributed by atoms with E-state index in [1.807, 2.05) is 16.3 Å². The SMILES string of the molecule is CC1(C)CN(C(=O)Cc2csc(-c3cccc(F)c3)n2)CCC1N.Cl.Cl. The lowest BCUT2D eigenvalue weighted by Crippen LogP contribution is -2.54. The summed E-state index contributed by atoms with van der Waals surface area (Å²) in [4.78, 5) is 18.9. The summed E-state index contributed by atoms with van der Waals surface area (Å²) in [5, 5.41) is 2.61. The van der Waals surface area contributed by atoms with Crippen molar-refractivity contribution in [3.05, 3.63) is 41.2 Å². The van der Waals surface area contributed by atoms with Gasteiger partial charge in [0.2, 0.25) is 5.91 Å². The van der Waals surface area contributed by atoms with E-state index in [0.29, 0.717) is 13.1 Å². The van der Waals surface area contributed by atoms with Crippen molar-refractivity contribution in [1.82, 2.24) is 9.88 Å². The van der Waals surface area contributed by atoms with Crippen LogP contribution < -0.4 is 5.73 Å². The Morgan fingerprint density at radius 2 is 2.15 bits per heavy atom. The van der Waals surface area contributed by atoms with Crippen LogP contribution in [-0.4, -0.2) is 34.9 Å². The van der Waals surface area contributed by atoms with Gasteiger partial charge in [0.25, 0.3) is 0 Å². The van der Waals surface area contributed by atoms with E-state index in [1.54, 1.807) is 6.07 Å². The van der Waals surface area contributed by atoms with Gasteiger partial charge in [-0.1, -0.05) is 26.0 Å². The molecule has 1 aliphatic rings. The Kier molecular flexibility index (Phi) is 8.02. The first-order chi connectivity index (χ1) is 11.3. The molecule has 0 spiro atoms. The Morgan fingerprint density at radius 1 is 1.42 bits per heavy atom. The normalized spacial score (nSPS) is 18.6. The first-order valence-corrected chi connectivity index (χ1v) is 8.97. The molecule has 1 aliphatic heterocycles. The molecule has 1 atom stereocenters. The van der Waals surface area contributed by atoms with Crippen LogP contribution in [-0.2, 0) is 11.2 Å². The minimum Gasteiger partial charge on any atom is -0.342 e. The summed E-state index contributed by atoms with van der Waals surface area (Å²) < 4.78 is 13.3. The number of nitrogens with two attached hydrogens (primary N) is 1. The number of benzene rings is 1. The van der Waals surface area contributed by atoms with E-state index in [2.05, 4.69) is 18.8 Å².